The molecule has 2 aliphatic rings. The van der Waals surface area contributed by atoms with E-state index in [0.717, 1.165) is 0 Å². The first-order chi connectivity index (χ1) is 12.5. The minimum absolute atomic E-state index is 0.0430. The smallest absolute Gasteiger partial charge is 0.281 e. The number of hydrogen-bond donors (Lipinski definition) is 0. The highest BCUT2D eigenvalue weighted by Crippen LogP contribution is 2.24. The van der Waals surface area contributed by atoms with E-state index < -0.39 is 10.9 Å². The number of rotatable bonds is 4. The van der Waals surface area contributed by atoms with Gasteiger partial charge in [-0.3, -0.25) is 9.69 Å². The Labute approximate surface area is 150 Å². The van der Waals surface area contributed by atoms with Crippen molar-refractivity contribution in [3.63, 3.8) is 0 Å². The molecule has 0 radical (unpaired) electrons. The third-order valence-electron chi connectivity index (χ3n) is 4.74. The summed E-state index contributed by atoms with van der Waals surface area (Å²) in [5.41, 5.74) is 0.663. The minimum Gasteiger partial charge on any atom is -0.381 e. The molecule has 2 aliphatic heterocycles. The van der Waals surface area contributed by atoms with E-state index in [9.17, 15) is 14.9 Å². The summed E-state index contributed by atoms with van der Waals surface area (Å²) in [7, 11) is 0. The van der Waals surface area contributed by atoms with Crippen molar-refractivity contribution in [1.82, 2.24) is 9.80 Å². The molecule has 0 saturated carbocycles. The first-order valence-corrected chi connectivity index (χ1v) is 8.37. The van der Waals surface area contributed by atoms with Crippen molar-refractivity contribution in [1.29, 1.82) is 5.26 Å². The van der Waals surface area contributed by atoms with Crippen LogP contribution in [0, 0.1) is 33.3 Å². The van der Waals surface area contributed by atoms with Crippen molar-refractivity contribution >= 4 is 11.9 Å². The quantitative estimate of drug-likeness (QED) is 0.590. The molecule has 9 heteroatoms. The minimum atomic E-state index is -0.784. The molecule has 136 valence electrons. The van der Waals surface area contributed by atoms with Crippen LogP contribution < -0.4 is 0 Å². The van der Waals surface area contributed by atoms with E-state index in [-0.39, 0.29) is 11.9 Å². The van der Waals surface area contributed by atoms with Crippen molar-refractivity contribution in [2.45, 2.75) is 6.92 Å². The Kier molecular flexibility index (Phi) is 5.14. The van der Waals surface area contributed by atoms with Gasteiger partial charge < -0.3 is 9.64 Å². The highest BCUT2D eigenvalue weighted by molar-refractivity contribution is 6.06. The molecule has 3 rings (SSSR count). The summed E-state index contributed by atoms with van der Waals surface area (Å²) < 4.78 is 5.45. The number of nitro groups is 1. The maximum absolute atomic E-state index is 12.8. The molecule has 1 aromatic rings. The second-order valence-corrected chi connectivity index (χ2v) is 6.51. The fourth-order valence-corrected chi connectivity index (χ4v) is 3.25. The van der Waals surface area contributed by atoms with Crippen LogP contribution in [0.5, 0.6) is 0 Å². The predicted octanol–water partition coefficient (Wildman–Crippen LogP) is 1.15. The summed E-state index contributed by atoms with van der Waals surface area (Å²) in [5, 5.41) is 22.7. The van der Waals surface area contributed by atoms with Crippen LogP contribution in [0.2, 0.25) is 0 Å². The summed E-state index contributed by atoms with van der Waals surface area (Å²) in [6, 6.07) is 8.25. The Balaban J connectivity index is 1.83. The predicted molar refractivity (Wildman–Crippen MR) is 91.7 cm³/mol. The molecule has 2 fully saturated rings. The molecule has 2 atom stereocenters. The molecule has 0 aromatic heterocycles. The number of carbonyl (C=O) groups excluding carboxylic acids is 1. The van der Waals surface area contributed by atoms with Gasteiger partial charge in [0.2, 0.25) is 0 Å². The van der Waals surface area contributed by atoms with Gasteiger partial charge in [-0.1, -0.05) is 13.0 Å². The zero-order chi connectivity index (χ0) is 18.7. The summed E-state index contributed by atoms with van der Waals surface area (Å²) in [6.07, 6.45) is 0. The van der Waals surface area contributed by atoms with Crippen molar-refractivity contribution in [2.24, 2.45) is 16.9 Å². The maximum Gasteiger partial charge on any atom is 0.281 e. The second kappa shape index (κ2) is 7.49. The number of benzene rings is 1. The molecular formula is C17H19N5O4. The van der Waals surface area contributed by atoms with Gasteiger partial charge in [-0.05, 0) is 24.1 Å². The van der Waals surface area contributed by atoms with Crippen LogP contribution in [0.1, 0.15) is 22.8 Å². The lowest BCUT2D eigenvalue weighted by molar-refractivity contribution is -0.486. The number of hydrogen-bond acceptors (Lipinski definition) is 5. The number of hydrazone groups is 1. The average Bonchev–Trinajstić information content (AvgIpc) is 3.21. The molecule has 0 N–H and O–H groups in total. The van der Waals surface area contributed by atoms with Gasteiger partial charge in [-0.15, -0.1) is 0 Å². The highest BCUT2D eigenvalue weighted by Gasteiger charge is 2.37. The Morgan fingerprint density at radius 3 is 2.92 bits per heavy atom. The Morgan fingerprint density at radius 1 is 1.46 bits per heavy atom. The van der Waals surface area contributed by atoms with E-state index in [0.29, 0.717) is 49.9 Å². The standard InChI is InChI=1S/C17H19N5O4/c1-12-10-26-11-15(12)9-20-5-6-21(17(20)19-22(24)25)16(23)14-4-2-3-13(7-14)8-18/h2-4,7,12,15H,5-6,9-11H2,1H3. The van der Waals surface area contributed by atoms with Crippen molar-refractivity contribution in [3.05, 3.63) is 45.5 Å². The van der Waals surface area contributed by atoms with E-state index in [2.05, 4.69) is 12.0 Å². The lowest BCUT2D eigenvalue weighted by Crippen LogP contribution is -2.41. The highest BCUT2D eigenvalue weighted by atomic mass is 16.7. The number of guanidine groups is 1. The van der Waals surface area contributed by atoms with E-state index in [1.165, 1.54) is 11.0 Å². The lowest BCUT2D eigenvalue weighted by atomic mass is 9.98. The monoisotopic (exact) mass is 357 g/mol. The van der Waals surface area contributed by atoms with Gasteiger partial charge in [-0.25, -0.2) is 10.1 Å². The molecule has 9 nitrogen and oxygen atoms in total. The van der Waals surface area contributed by atoms with Crippen LogP contribution in [-0.2, 0) is 4.74 Å². The Hall–Kier alpha value is -2.99. The summed E-state index contributed by atoms with van der Waals surface area (Å²) in [5.74, 6) is 0.232. The van der Waals surface area contributed by atoms with Crippen LogP contribution >= 0.6 is 0 Å². The molecule has 2 saturated heterocycles. The first-order valence-electron chi connectivity index (χ1n) is 8.37. The summed E-state index contributed by atoms with van der Waals surface area (Å²) >= 11 is 0. The molecule has 0 aliphatic carbocycles. The second-order valence-electron chi connectivity index (χ2n) is 6.51. The lowest BCUT2D eigenvalue weighted by Gasteiger charge is -2.23. The Morgan fingerprint density at radius 2 is 2.27 bits per heavy atom. The van der Waals surface area contributed by atoms with Crippen LogP contribution in [0.4, 0.5) is 0 Å². The van der Waals surface area contributed by atoms with Gasteiger partial charge >= 0.3 is 0 Å². The van der Waals surface area contributed by atoms with Gasteiger partial charge in [0.15, 0.2) is 5.03 Å². The maximum atomic E-state index is 12.8. The van der Waals surface area contributed by atoms with Crippen LogP contribution in [0.15, 0.2) is 29.4 Å². The molecule has 1 amide bonds. The largest absolute Gasteiger partial charge is 0.381 e. The molecule has 2 heterocycles. The van der Waals surface area contributed by atoms with E-state index >= 15 is 0 Å². The van der Waals surface area contributed by atoms with Crippen molar-refractivity contribution in [3.8, 4) is 6.07 Å². The Bertz CT molecular complexity index is 788. The van der Waals surface area contributed by atoms with Gasteiger partial charge in [0.05, 0.1) is 18.2 Å². The fraction of sp³-hybridized carbons (Fsp3) is 0.471. The van der Waals surface area contributed by atoms with Gasteiger partial charge in [0.1, 0.15) is 5.10 Å². The zero-order valence-electron chi connectivity index (χ0n) is 14.4. The van der Waals surface area contributed by atoms with E-state index in [1.54, 1.807) is 23.1 Å². The van der Waals surface area contributed by atoms with Crippen LogP contribution in [0.3, 0.4) is 0 Å². The third-order valence-corrected chi connectivity index (χ3v) is 4.74. The van der Waals surface area contributed by atoms with Gasteiger partial charge in [0, 0.05) is 37.7 Å². The van der Waals surface area contributed by atoms with E-state index in [4.69, 9.17) is 10.00 Å². The third kappa shape index (κ3) is 3.65. The number of carbonyl (C=O) groups is 1. The molecule has 0 bridgehead atoms. The number of nitrogens with zero attached hydrogens (tertiary/aromatic N) is 5. The molecule has 0 spiro atoms. The number of nitriles is 1. The SMILES string of the molecule is CC1COCC1CN1CCN(C(=O)c2cccc(C#N)c2)C1=N[N+](=O)[O-]. The normalized spacial score (nSPS) is 24.1. The van der Waals surface area contributed by atoms with Gasteiger partial charge in [-0.2, -0.15) is 5.26 Å². The van der Waals surface area contributed by atoms with Crippen molar-refractivity contribution < 1.29 is 14.6 Å². The molecular weight excluding hydrogens is 338 g/mol. The topological polar surface area (TPSA) is 112 Å². The fourth-order valence-electron chi connectivity index (χ4n) is 3.25. The van der Waals surface area contributed by atoms with Crippen LogP contribution in [0.25, 0.3) is 0 Å². The van der Waals surface area contributed by atoms with Gasteiger partial charge in [0.25, 0.3) is 11.9 Å². The van der Waals surface area contributed by atoms with Crippen LogP contribution in [-0.4, -0.2) is 59.5 Å². The van der Waals surface area contributed by atoms with Crippen molar-refractivity contribution in [2.75, 3.05) is 32.8 Å². The summed E-state index contributed by atoms with van der Waals surface area (Å²) in [6.45, 7) is 4.68. The zero-order valence-corrected chi connectivity index (χ0v) is 14.4. The number of amides is 1. The number of ether oxygens (including phenoxy) is 1. The first kappa shape index (κ1) is 17.8. The van der Waals surface area contributed by atoms with E-state index in [1.807, 2.05) is 6.07 Å². The molecule has 1 aromatic carbocycles. The molecule has 2 unspecified atom stereocenters. The molecule has 26 heavy (non-hydrogen) atoms. The summed E-state index contributed by atoms with van der Waals surface area (Å²) in [4.78, 5) is 26.9. The average molecular weight is 357 g/mol.